The van der Waals surface area contributed by atoms with E-state index in [9.17, 15) is 29.4 Å². The van der Waals surface area contributed by atoms with Gasteiger partial charge in [0.05, 0.1) is 0 Å². The van der Waals surface area contributed by atoms with Crippen molar-refractivity contribution in [2.75, 3.05) is 11.5 Å². The number of nitrogens with one attached hydrogen (secondary N) is 1. The highest BCUT2D eigenvalue weighted by Gasteiger charge is 2.54. The van der Waals surface area contributed by atoms with Gasteiger partial charge in [-0.15, -0.1) is 11.8 Å². The number of carbonyl (C=O) groups is 4. The van der Waals surface area contributed by atoms with Gasteiger partial charge in [0.25, 0.3) is 11.8 Å². The second kappa shape index (κ2) is 11.4. The van der Waals surface area contributed by atoms with Crippen molar-refractivity contribution in [1.82, 2.24) is 24.6 Å². The number of nitrogens with two attached hydrogens (primary N) is 1. The fraction of sp³-hybridized carbons (Fsp3) is 0.273. The fourth-order valence-electron chi connectivity index (χ4n) is 3.31. The number of hydrogen-bond donors (Lipinski definition) is 4. The molecule has 17 heteroatoms. The zero-order valence-electron chi connectivity index (χ0n) is 20.3. The van der Waals surface area contributed by atoms with Gasteiger partial charge in [-0.05, 0) is 43.0 Å². The van der Waals surface area contributed by atoms with E-state index in [1.165, 1.54) is 37.4 Å². The number of allylic oxidation sites excluding steroid dienone is 1. The van der Waals surface area contributed by atoms with Crippen LogP contribution in [-0.2, 0) is 24.0 Å². The maximum atomic E-state index is 13.1. The number of aliphatic carboxylic acids is 2. The highest BCUT2D eigenvalue weighted by Crippen LogP contribution is 2.41. The number of hydrogen-bond acceptors (Lipinski definition) is 13. The Labute approximate surface area is 233 Å². The van der Waals surface area contributed by atoms with Crippen LogP contribution in [0.2, 0.25) is 0 Å². The first-order chi connectivity index (χ1) is 18.5. The van der Waals surface area contributed by atoms with Gasteiger partial charge in [0.2, 0.25) is 17.1 Å². The van der Waals surface area contributed by atoms with Crippen LogP contribution < -0.4 is 11.1 Å². The Morgan fingerprint density at radius 1 is 1.36 bits per heavy atom. The third-order valence-corrected chi connectivity index (χ3v) is 7.97. The minimum atomic E-state index is -1.78. The summed E-state index contributed by atoms with van der Waals surface area (Å²) in [6, 6.07) is 2.55. The Morgan fingerprint density at radius 3 is 2.74 bits per heavy atom. The number of amides is 2. The Morgan fingerprint density at radius 2 is 2.13 bits per heavy atom. The summed E-state index contributed by atoms with van der Waals surface area (Å²) in [5.41, 5.74) is 3.60. The van der Waals surface area contributed by atoms with Gasteiger partial charge in [-0.1, -0.05) is 16.9 Å². The maximum absolute atomic E-state index is 13.1. The van der Waals surface area contributed by atoms with Gasteiger partial charge in [0.15, 0.2) is 5.13 Å². The second-order valence-corrected chi connectivity index (χ2v) is 11.3. The molecule has 4 rings (SSSR count). The molecule has 4 heterocycles. The first kappa shape index (κ1) is 28.1. The van der Waals surface area contributed by atoms with Gasteiger partial charge >= 0.3 is 11.9 Å². The minimum Gasteiger partial charge on any atom is -0.478 e. The standard InChI is InChI=1S/C22H21N7O7S3/c1-22(2,20(34)35)36-27-12(15-26-21(23)39-28-15)16(30)25-13-17(31)29-14(19(32)33)10(9-38-18(13)29)5-7-37-11-4-3-6-24-8-11/h3-8,13,18H,9H2,1-2H3,(H,25,30)(H,32,33)(H,34,35)(H2,23,26,28)/b7-5+,27-12+. The first-order valence-electron chi connectivity index (χ1n) is 11.0. The number of carbonyl (C=O) groups excluding carboxylic acids is 2. The predicted octanol–water partition coefficient (Wildman–Crippen LogP) is 1.14. The number of oxime groups is 1. The van der Waals surface area contributed by atoms with Crippen molar-refractivity contribution >= 4 is 69.7 Å². The third-order valence-electron chi connectivity index (χ3n) is 5.34. The molecule has 0 aromatic carbocycles. The van der Waals surface area contributed by atoms with Crippen molar-refractivity contribution in [2.45, 2.75) is 35.8 Å². The molecule has 0 bridgehead atoms. The summed E-state index contributed by atoms with van der Waals surface area (Å²) in [4.78, 5) is 64.5. The fourth-order valence-corrected chi connectivity index (χ4v) is 5.73. The molecule has 1 fully saturated rings. The Hall–Kier alpha value is -3.96. The second-order valence-electron chi connectivity index (χ2n) is 8.45. The molecule has 2 aliphatic rings. The number of nitrogens with zero attached hydrogens (tertiary/aromatic N) is 5. The molecule has 2 aliphatic heterocycles. The molecule has 1 saturated heterocycles. The third kappa shape index (κ3) is 6.04. The number of pyridine rings is 1. The largest absolute Gasteiger partial charge is 0.478 e. The van der Waals surface area contributed by atoms with Crippen LogP contribution in [-0.4, -0.2) is 81.7 Å². The molecule has 0 saturated carbocycles. The van der Waals surface area contributed by atoms with Crippen molar-refractivity contribution in [2.24, 2.45) is 5.16 Å². The van der Waals surface area contributed by atoms with Crippen LogP contribution in [0.15, 0.2) is 57.3 Å². The highest BCUT2D eigenvalue weighted by atomic mass is 32.2. The Balaban J connectivity index is 1.52. The molecule has 204 valence electrons. The zero-order chi connectivity index (χ0) is 28.3. The van der Waals surface area contributed by atoms with E-state index in [2.05, 4.69) is 24.8 Å². The van der Waals surface area contributed by atoms with Crippen molar-refractivity contribution < 1.29 is 34.2 Å². The van der Waals surface area contributed by atoms with Crippen LogP contribution >= 0.6 is 35.1 Å². The van der Waals surface area contributed by atoms with E-state index >= 15 is 0 Å². The van der Waals surface area contributed by atoms with Crippen LogP contribution in [0.1, 0.15) is 19.7 Å². The molecule has 0 aliphatic carbocycles. The summed E-state index contributed by atoms with van der Waals surface area (Å²) in [5, 5.41) is 26.3. The van der Waals surface area contributed by atoms with Crippen LogP contribution in [0.25, 0.3) is 0 Å². The molecule has 2 aromatic rings. The van der Waals surface area contributed by atoms with Crippen molar-refractivity contribution in [3.8, 4) is 0 Å². The maximum Gasteiger partial charge on any atom is 0.352 e. The van der Waals surface area contributed by atoms with Gasteiger partial charge in [0, 0.05) is 34.6 Å². The Kier molecular flexibility index (Phi) is 8.22. The number of rotatable bonds is 10. The van der Waals surface area contributed by atoms with Gasteiger partial charge in [-0.3, -0.25) is 19.5 Å². The van der Waals surface area contributed by atoms with Crippen LogP contribution in [0, 0.1) is 0 Å². The van der Waals surface area contributed by atoms with Crippen molar-refractivity contribution in [3.05, 3.63) is 53.1 Å². The summed E-state index contributed by atoms with van der Waals surface area (Å²) in [7, 11) is 0. The number of carboxylic acids is 2. The van der Waals surface area contributed by atoms with E-state index in [0.717, 1.165) is 21.3 Å². The molecule has 2 aromatic heterocycles. The lowest BCUT2D eigenvalue weighted by Gasteiger charge is -2.49. The van der Waals surface area contributed by atoms with E-state index in [1.807, 2.05) is 6.07 Å². The summed E-state index contributed by atoms with van der Waals surface area (Å²) in [6.45, 7) is 2.45. The minimum absolute atomic E-state index is 0.0234. The van der Waals surface area contributed by atoms with E-state index in [1.54, 1.807) is 29.9 Å². The number of fused-ring (bicyclic) bond motifs is 1. The molecular formula is C22H21N7O7S3. The molecule has 0 spiro atoms. The summed E-state index contributed by atoms with van der Waals surface area (Å²) in [5.74, 6) is -4.13. The average Bonchev–Trinajstić information content (AvgIpc) is 3.32. The topological polar surface area (TPSA) is 210 Å². The number of nitrogen functional groups attached to an aromatic ring is 1. The van der Waals surface area contributed by atoms with E-state index in [4.69, 9.17) is 10.6 Å². The molecule has 14 nitrogen and oxygen atoms in total. The van der Waals surface area contributed by atoms with Gasteiger partial charge in [-0.2, -0.15) is 9.36 Å². The van der Waals surface area contributed by atoms with E-state index in [0.29, 0.717) is 5.57 Å². The number of β-lactam (4-membered cyclic amide) rings is 1. The number of thioether (sulfide) groups is 2. The summed E-state index contributed by atoms with van der Waals surface area (Å²) >= 11 is 3.40. The molecule has 2 amide bonds. The van der Waals surface area contributed by atoms with Crippen molar-refractivity contribution in [3.63, 3.8) is 0 Å². The SMILES string of the molecule is CC(C)(O/N=C(/C(=O)NC1C(=O)N2C(C(=O)O)=C(/C=C/Sc3cccnc3)CSC12)c1nsc(N)n1)C(=O)O. The lowest BCUT2D eigenvalue weighted by atomic mass is 10.0. The molecular weight excluding hydrogens is 570 g/mol. The van der Waals surface area contributed by atoms with Crippen LogP contribution in [0.5, 0.6) is 0 Å². The smallest absolute Gasteiger partial charge is 0.352 e. The van der Waals surface area contributed by atoms with Gasteiger partial charge in [0.1, 0.15) is 17.1 Å². The first-order valence-corrected chi connectivity index (χ1v) is 13.7. The number of aromatic nitrogens is 3. The monoisotopic (exact) mass is 591 g/mol. The van der Waals surface area contributed by atoms with Crippen molar-refractivity contribution in [1.29, 1.82) is 0 Å². The van der Waals surface area contributed by atoms with Crippen LogP contribution in [0.4, 0.5) is 5.13 Å². The number of carboxylic acid groups (broad SMARTS) is 2. The molecule has 5 N–H and O–H groups in total. The molecule has 2 atom stereocenters. The summed E-state index contributed by atoms with van der Waals surface area (Å²) in [6.07, 6.45) is 4.94. The van der Waals surface area contributed by atoms with E-state index < -0.39 is 46.5 Å². The Bertz CT molecular complexity index is 1410. The molecule has 0 radical (unpaired) electrons. The normalized spacial score (nSPS) is 19.5. The van der Waals surface area contributed by atoms with Gasteiger partial charge < -0.3 is 26.1 Å². The molecule has 39 heavy (non-hydrogen) atoms. The average molecular weight is 592 g/mol. The summed E-state index contributed by atoms with van der Waals surface area (Å²) < 4.78 is 3.92. The molecule has 2 unspecified atom stereocenters. The van der Waals surface area contributed by atoms with Crippen LogP contribution in [0.3, 0.4) is 0 Å². The lowest BCUT2D eigenvalue weighted by molar-refractivity contribution is -0.161. The quantitative estimate of drug-likeness (QED) is 0.132. The van der Waals surface area contributed by atoms with Gasteiger partial charge in [-0.25, -0.2) is 9.59 Å². The van der Waals surface area contributed by atoms with E-state index in [-0.39, 0.29) is 22.4 Å². The number of anilines is 1. The zero-order valence-corrected chi connectivity index (χ0v) is 22.7. The predicted molar refractivity (Wildman–Crippen MR) is 143 cm³/mol. The highest BCUT2D eigenvalue weighted by molar-refractivity contribution is 8.02. The lowest BCUT2D eigenvalue weighted by Crippen LogP contribution is -2.71.